The summed E-state index contributed by atoms with van der Waals surface area (Å²) in [6, 6.07) is 8.30. The van der Waals surface area contributed by atoms with Crippen molar-refractivity contribution in [2.75, 3.05) is 49.1 Å². The van der Waals surface area contributed by atoms with E-state index in [1.807, 2.05) is 12.4 Å². The molecule has 3 N–H and O–H groups in total. The number of H-pyrrole nitrogens is 1. The number of urea groups is 1. The molecule has 2 aromatic heterocycles. The molecule has 156 valence electrons. The van der Waals surface area contributed by atoms with Crippen molar-refractivity contribution in [2.24, 2.45) is 5.73 Å². The fourth-order valence-electron chi connectivity index (χ4n) is 4.62. The zero-order valence-corrected chi connectivity index (χ0v) is 16.7. The zero-order valence-electron chi connectivity index (χ0n) is 16.7. The minimum absolute atomic E-state index is 0.110. The number of fused-ring (bicyclic) bond motifs is 2. The lowest BCUT2D eigenvalue weighted by Gasteiger charge is -2.35. The Kier molecular flexibility index (Phi) is 4.78. The van der Waals surface area contributed by atoms with Crippen LogP contribution in [0.2, 0.25) is 0 Å². The van der Waals surface area contributed by atoms with Gasteiger partial charge in [-0.15, -0.1) is 0 Å². The van der Waals surface area contributed by atoms with E-state index in [1.54, 1.807) is 17.0 Å². The van der Waals surface area contributed by atoms with Crippen molar-refractivity contribution in [1.82, 2.24) is 14.9 Å². The number of primary amides is 1. The summed E-state index contributed by atoms with van der Waals surface area (Å²) in [4.78, 5) is 25.8. The van der Waals surface area contributed by atoms with Crippen LogP contribution >= 0.6 is 0 Å². The molecule has 1 saturated heterocycles. The Labute approximate surface area is 174 Å². The highest BCUT2D eigenvalue weighted by Gasteiger charge is 2.32. The summed E-state index contributed by atoms with van der Waals surface area (Å²) in [5.41, 5.74) is 8.20. The first-order valence-electron chi connectivity index (χ1n) is 10.4. The number of hydrogen-bond donors (Lipinski definition) is 2. The molecule has 0 spiro atoms. The standard InChI is InChI=1S/C22H25FN6O/c23-17-1-2-20-18(12-17)16(14-29(20)22(24)30)4-6-27-7-9-28(10-8-27)21-11-15-3-5-25-19(15)13-26-21/h1-3,5,11-13,16,25H,4,6-10,14H2,(H2,24,30)/t16-/m1/s1. The summed E-state index contributed by atoms with van der Waals surface area (Å²) in [7, 11) is 0. The van der Waals surface area contributed by atoms with Crippen LogP contribution in [0.15, 0.2) is 42.7 Å². The van der Waals surface area contributed by atoms with Gasteiger partial charge in [0.2, 0.25) is 0 Å². The highest BCUT2D eigenvalue weighted by molar-refractivity contribution is 5.93. The predicted octanol–water partition coefficient (Wildman–Crippen LogP) is 2.90. The Morgan fingerprint density at radius 1 is 1.20 bits per heavy atom. The van der Waals surface area contributed by atoms with Gasteiger partial charge in [0.15, 0.2) is 0 Å². The van der Waals surface area contributed by atoms with Gasteiger partial charge < -0.3 is 15.6 Å². The molecule has 2 aliphatic rings. The Morgan fingerprint density at radius 2 is 2.03 bits per heavy atom. The molecule has 1 atom stereocenters. The van der Waals surface area contributed by atoms with Gasteiger partial charge in [-0.1, -0.05) is 0 Å². The number of nitrogens with two attached hydrogens (primary N) is 1. The Morgan fingerprint density at radius 3 is 2.83 bits per heavy atom. The van der Waals surface area contributed by atoms with Gasteiger partial charge in [0.1, 0.15) is 11.6 Å². The second kappa shape index (κ2) is 7.60. The molecule has 2 aliphatic heterocycles. The van der Waals surface area contributed by atoms with E-state index >= 15 is 0 Å². The van der Waals surface area contributed by atoms with Crippen molar-refractivity contribution in [3.8, 4) is 0 Å². The number of amides is 2. The van der Waals surface area contributed by atoms with Gasteiger partial charge in [0, 0.05) is 55.9 Å². The van der Waals surface area contributed by atoms with Crippen molar-refractivity contribution in [1.29, 1.82) is 0 Å². The quantitative estimate of drug-likeness (QED) is 0.696. The largest absolute Gasteiger partial charge is 0.360 e. The summed E-state index contributed by atoms with van der Waals surface area (Å²) in [5, 5.41) is 1.17. The average Bonchev–Trinajstić information content (AvgIpc) is 3.36. The first-order chi connectivity index (χ1) is 14.6. The van der Waals surface area contributed by atoms with Crippen LogP contribution < -0.4 is 15.5 Å². The molecule has 0 bridgehead atoms. The fourth-order valence-corrected chi connectivity index (χ4v) is 4.62. The number of carbonyl (C=O) groups excluding carboxylic acids is 1. The van der Waals surface area contributed by atoms with Crippen LogP contribution in [-0.4, -0.2) is 60.2 Å². The van der Waals surface area contributed by atoms with Crippen LogP contribution in [0.25, 0.3) is 10.9 Å². The van der Waals surface area contributed by atoms with Crippen LogP contribution in [0.1, 0.15) is 17.9 Å². The molecular formula is C22H25FN6O. The average molecular weight is 408 g/mol. The van der Waals surface area contributed by atoms with Gasteiger partial charge in [-0.2, -0.15) is 0 Å². The summed E-state index contributed by atoms with van der Waals surface area (Å²) in [5.74, 6) is 0.850. The molecule has 5 rings (SSSR count). The number of nitrogens with one attached hydrogen (secondary N) is 1. The van der Waals surface area contributed by atoms with Crippen molar-refractivity contribution >= 4 is 28.4 Å². The van der Waals surface area contributed by atoms with Crippen LogP contribution in [0.3, 0.4) is 0 Å². The van der Waals surface area contributed by atoms with E-state index < -0.39 is 6.03 Å². The maximum Gasteiger partial charge on any atom is 0.319 e. The van der Waals surface area contributed by atoms with Gasteiger partial charge in [0.25, 0.3) is 0 Å². The van der Waals surface area contributed by atoms with Crippen LogP contribution in [0.5, 0.6) is 0 Å². The van der Waals surface area contributed by atoms with E-state index in [-0.39, 0.29) is 11.7 Å². The normalized spacial score (nSPS) is 19.4. The molecule has 4 heterocycles. The van der Waals surface area contributed by atoms with E-state index in [0.717, 1.165) is 61.7 Å². The molecule has 7 nitrogen and oxygen atoms in total. The lowest BCUT2D eigenvalue weighted by molar-refractivity contribution is 0.246. The first-order valence-corrected chi connectivity index (χ1v) is 10.4. The van der Waals surface area contributed by atoms with Crippen molar-refractivity contribution in [3.05, 3.63) is 54.1 Å². The molecular weight excluding hydrogens is 383 g/mol. The number of halogens is 1. The summed E-state index contributed by atoms with van der Waals surface area (Å²) < 4.78 is 13.8. The number of aromatic amines is 1. The summed E-state index contributed by atoms with van der Waals surface area (Å²) in [6.45, 7) is 5.18. The second-order valence-corrected chi connectivity index (χ2v) is 8.07. The highest BCUT2D eigenvalue weighted by Crippen LogP contribution is 2.38. The molecule has 0 radical (unpaired) electrons. The second-order valence-electron chi connectivity index (χ2n) is 8.07. The number of piperazine rings is 1. The van der Waals surface area contributed by atoms with E-state index in [9.17, 15) is 9.18 Å². The molecule has 0 unspecified atom stereocenters. The van der Waals surface area contributed by atoms with Gasteiger partial charge in [-0.25, -0.2) is 14.2 Å². The molecule has 0 aliphatic carbocycles. The number of anilines is 2. The van der Waals surface area contributed by atoms with Gasteiger partial charge in [-0.05, 0) is 48.9 Å². The molecule has 2 amide bonds. The molecule has 1 aromatic carbocycles. The maximum atomic E-state index is 13.8. The van der Waals surface area contributed by atoms with Crippen molar-refractivity contribution < 1.29 is 9.18 Å². The zero-order chi connectivity index (χ0) is 20.7. The highest BCUT2D eigenvalue weighted by atomic mass is 19.1. The number of aromatic nitrogens is 2. The smallest absolute Gasteiger partial charge is 0.319 e. The van der Waals surface area contributed by atoms with Crippen LogP contribution in [0.4, 0.5) is 20.7 Å². The number of nitrogens with zero attached hydrogens (tertiary/aromatic N) is 4. The number of carbonyl (C=O) groups is 1. The summed E-state index contributed by atoms with van der Waals surface area (Å²) >= 11 is 0. The number of pyridine rings is 1. The topological polar surface area (TPSA) is 81.5 Å². The Bertz CT molecular complexity index is 1070. The predicted molar refractivity (Wildman–Crippen MR) is 115 cm³/mol. The van der Waals surface area contributed by atoms with E-state index in [1.165, 1.54) is 11.5 Å². The Balaban J connectivity index is 1.19. The van der Waals surface area contributed by atoms with Gasteiger partial charge >= 0.3 is 6.03 Å². The number of benzene rings is 1. The molecule has 0 saturated carbocycles. The number of rotatable bonds is 4. The van der Waals surface area contributed by atoms with E-state index in [4.69, 9.17) is 5.73 Å². The Hall–Kier alpha value is -3.13. The van der Waals surface area contributed by atoms with Crippen LogP contribution in [-0.2, 0) is 0 Å². The third-order valence-electron chi connectivity index (χ3n) is 6.30. The molecule has 8 heteroatoms. The van der Waals surface area contributed by atoms with Crippen molar-refractivity contribution in [3.63, 3.8) is 0 Å². The molecule has 30 heavy (non-hydrogen) atoms. The lowest BCUT2D eigenvalue weighted by Crippen LogP contribution is -2.47. The third kappa shape index (κ3) is 3.47. The van der Waals surface area contributed by atoms with Gasteiger partial charge in [-0.3, -0.25) is 9.80 Å². The monoisotopic (exact) mass is 408 g/mol. The minimum Gasteiger partial charge on any atom is -0.360 e. The number of hydrogen-bond acceptors (Lipinski definition) is 4. The van der Waals surface area contributed by atoms with E-state index in [0.29, 0.717) is 6.54 Å². The lowest BCUT2D eigenvalue weighted by atomic mass is 9.97. The van der Waals surface area contributed by atoms with Crippen molar-refractivity contribution in [2.45, 2.75) is 12.3 Å². The minimum atomic E-state index is -0.481. The van der Waals surface area contributed by atoms with E-state index in [2.05, 4.69) is 31.9 Å². The summed E-state index contributed by atoms with van der Waals surface area (Å²) in [6.07, 6.45) is 4.69. The van der Waals surface area contributed by atoms with Crippen LogP contribution in [0, 0.1) is 5.82 Å². The van der Waals surface area contributed by atoms with Gasteiger partial charge in [0.05, 0.1) is 11.7 Å². The third-order valence-corrected chi connectivity index (χ3v) is 6.30. The maximum absolute atomic E-state index is 13.8. The molecule has 3 aromatic rings. The molecule has 1 fully saturated rings. The fraction of sp³-hybridized carbons (Fsp3) is 0.364. The SMILES string of the molecule is NC(=O)N1C[C@@H](CCN2CCN(c3cc4cc[nH]c4cn3)CC2)c2cc(F)ccc21. The first kappa shape index (κ1) is 18.9.